The number of aromatic hydroxyl groups is 1. The van der Waals surface area contributed by atoms with Crippen molar-refractivity contribution in [3.05, 3.63) is 132 Å². The van der Waals surface area contributed by atoms with Gasteiger partial charge < -0.3 is 9.84 Å². The molecule has 0 amide bonds. The zero-order valence-corrected chi connectivity index (χ0v) is 18.6. The molecule has 2 unspecified atom stereocenters. The highest BCUT2D eigenvalue weighted by Crippen LogP contribution is 2.39. The molecule has 3 aromatic rings. The summed E-state index contributed by atoms with van der Waals surface area (Å²) in [6.07, 6.45) is 3.01. The first-order chi connectivity index (χ1) is 15.3. The summed E-state index contributed by atoms with van der Waals surface area (Å²) in [4.78, 5) is 0. The number of phenols is 1. The number of aryl methyl sites for hydroxylation is 1. The molecule has 0 aliphatic carbocycles. The molecule has 0 aromatic heterocycles. The van der Waals surface area contributed by atoms with Gasteiger partial charge >= 0.3 is 0 Å². The first-order valence-electron chi connectivity index (χ1n) is 10.6. The first-order valence-corrected chi connectivity index (χ1v) is 10.6. The van der Waals surface area contributed by atoms with Crippen LogP contribution in [0, 0.1) is 12.8 Å². The van der Waals surface area contributed by atoms with E-state index in [4.69, 9.17) is 4.74 Å². The Hall–Kier alpha value is -3.59. The van der Waals surface area contributed by atoms with Crippen LogP contribution in [0.15, 0.2) is 110 Å². The highest BCUT2D eigenvalue weighted by atomic mass is 19.1. The molecule has 3 heteroatoms. The highest BCUT2D eigenvalue weighted by Gasteiger charge is 2.24. The van der Waals surface area contributed by atoms with Crippen molar-refractivity contribution in [1.29, 1.82) is 0 Å². The maximum Gasteiger partial charge on any atom is 0.120 e. The lowest BCUT2D eigenvalue weighted by molar-refractivity contribution is 0.306. The van der Waals surface area contributed by atoms with E-state index in [9.17, 15) is 9.50 Å². The predicted molar refractivity (Wildman–Crippen MR) is 130 cm³/mol. The molecular formula is C29H29FO2. The van der Waals surface area contributed by atoms with Gasteiger partial charge in [0.15, 0.2) is 0 Å². The summed E-state index contributed by atoms with van der Waals surface area (Å²) in [5.41, 5.74) is 5.18. The Bertz CT molecular complexity index is 1100. The Morgan fingerprint density at radius 1 is 1.00 bits per heavy atom. The predicted octanol–water partition coefficient (Wildman–Crippen LogP) is 7.64. The fraction of sp³-hybridized carbons (Fsp3) is 0.172. The number of hydrogen-bond donors (Lipinski definition) is 1. The number of halogens is 1. The number of phenolic OH excluding ortho intramolecular Hbond substituents is 1. The van der Waals surface area contributed by atoms with E-state index in [1.807, 2.05) is 54.6 Å². The van der Waals surface area contributed by atoms with E-state index in [0.717, 1.165) is 33.6 Å². The van der Waals surface area contributed by atoms with Crippen LogP contribution in [0.2, 0.25) is 0 Å². The van der Waals surface area contributed by atoms with Gasteiger partial charge in [0.05, 0.1) is 0 Å². The van der Waals surface area contributed by atoms with Crippen LogP contribution in [0.5, 0.6) is 11.5 Å². The Morgan fingerprint density at radius 3 is 2.31 bits per heavy atom. The summed E-state index contributed by atoms with van der Waals surface area (Å²) in [5, 5.41) is 9.75. The second-order valence-electron chi connectivity index (χ2n) is 8.01. The molecule has 0 fully saturated rings. The van der Waals surface area contributed by atoms with Gasteiger partial charge in [-0.15, -0.1) is 0 Å². The van der Waals surface area contributed by atoms with Crippen molar-refractivity contribution in [2.45, 2.75) is 26.4 Å². The third kappa shape index (κ3) is 5.98. The van der Waals surface area contributed by atoms with Gasteiger partial charge in [-0.3, -0.25) is 0 Å². The van der Waals surface area contributed by atoms with Crippen molar-refractivity contribution >= 4 is 0 Å². The molecule has 3 aromatic carbocycles. The number of hydrogen-bond acceptors (Lipinski definition) is 2. The van der Waals surface area contributed by atoms with E-state index in [2.05, 4.69) is 33.1 Å². The van der Waals surface area contributed by atoms with Gasteiger partial charge in [0.2, 0.25) is 0 Å². The smallest absolute Gasteiger partial charge is 0.120 e. The third-order valence-electron chi connectivity index (χ3n) is 5.64. The highest BCUT2D eigenvalue weighted by molar-refractivity contribution is 5.45. The summed E-state index contributed by atoms with van der Waals surface area (Å²) in [7, 11) is 0. The van der Waals surface area contributed by atoms with Crippen molar-refractivity contribution in [2.75, 3.05) is 0 Å². The first kappa shape index (κ1) is 23.1. The zero-order chi connectivity index (χ0) is 23.1. The van der Waals surface area contributed by atoms with Crippen LogP contribution in [0.25, 0.3) is 0 Å². The van der Waals surface area contributed by atoms with Gasteiger partial charge in [0.25, 0.3) is 0 Å². The van der Waals surface area contributed by atoms with E-state index < -0.39 is 5.83 Å². The van der Waals surface area contributed by atoms with Gasteiger partial charge in [0, 0.05) is 5.92 Å². The molecule has 0 radical (unpaired) electrons. The van der Waals surface area contributed by atoms with Crippen LogP contribution in [-0.4, -0.2) is 5.11 Å². The molecule has 0 aliphatic heterocycles. The van der Waals surface area contributed by atoms with Gasteiger partial charge in [-0.05, 0) is 65.4 Å². The van der Waals surface area contributed by atoms with Gasteiger partial charge in [0.1, 0.15) is 23.9 Å². The molecule has 0 saturated carbocycles. The van der Waals surface area contributed by atoms with Crippen molar-refractivity contribution in [3.8, 4) is 11.5 Å². The van der Waals surface area contributed by atoms with Crippen molar-refractivity contribution in [3.63, 3.8) is 0 Å². The zero-order valence-electron chi connectivity index (χ0n) is 18.6. The molecule has 1 N–H and O–H groups in total. The minimum atomic E-state index is -0.504. The molecule has 32 heavy (non-hydrogen) atoms. The number of allylic oxidation sites excluding steroid dienone is 4. The number of rotatable bonds is 9. The third-order valence-corrected chi connectivity index (χ3v) is 5.64. The quantitative estimate of drug-likeness (QED) is 0.355. The second-order valence-corrected chi connectivity index (χ2v) is 8.01. The fourth-order valence-corrected chi connectivity index (χ4v) is 3.81. The standard InChI is InChI=1S/C29H29FO2/c1-20(10-11-22(3)30)23(4)29(25-12-14-26(31)15-13-25)28-17-16-27(18-21(28)2)32-19-24-8-6-5-7-9-24/h5-18,23,29,31H,1,3,19H2,2,4H3/b11-10-. The van der Waals surface area contributed by atoms with Crippen molar-refractivity contribution < 1.29 is 14.2 Å². The normalized spacial score (nSPS) is 13.0. The Labute approximate surface area is 190 Å². The molecule has 3 rings (SSSR count). The van der Waals surface area contributed by atoms with Crippen molar-refractivity contribution in [2.24, 2.45) is 5.92 Å². The second kappa shape index (κ2) is 10.6. The Kier molecular flexibility index (Phi) is 7.67. The largest absolute Gasteiger partial charge is 0.508 e. The Morgan fingerprint density at radius 2 is 1.69 bits per heavy atom. The molecule has 164 valence electrons. The number of ether oxygens (including phenoxy) is 1. The average Bonchev–Trinajstić information content (AvgIpc) is 2.79. The number of benzene rings is 3. The van der Waals surface area contributed by atoms with Gasteiger partial charge in [-0.2, -0.15) is 0 Å². The lowest BCUT2D eigenvalue weighted by Crippen LogP contribution is -2.14. The topological polar surface area (TPSA) is 29.5 Å². The average molecular weight is 429 g/mol. The van der Waals surface area contributed by atoms with Crippen LogP contribution in [0.1, 0.15) is 35.1 Å². The summed E-state index contributed by atoms with van der Waals surface area (Å²) >= 11 is 0. The minimum Gasteiger partial charge on any atom is -0.508 e. The van der Waals surface area contributed by atoms with E-state index in [-0.39, 0.29) is 17.6 Å². The fourth-order valence-electron chi connectivity index (χ4n) is 3.81. The maximum absolute atomic E-state index is 13.2. The summed E-state index contributed by atoms with van der Waals surface area (Å²) in [5.74, 6) is 0.484. The molecule has 2 atom stereocenters. The van der Waals surface area contributed by atoms with Crippen LogP contribution in [0.4, 0.5) is 4.39 Å². The van der Waals surface area contributed by atoms with Gasteiger partial charge in [-0.25, -0.2) is 4.39 Å². The van der Waals surface area contributed by atoms with Crippen LogP contribution >= 0.6 is 0 Å². The Balaban J connectivity index is 1.90. The SMILES string of the molecule is C=C(F)/C=C\C(=C)C(C)C(c1ccc(O)cc1)c1ccc(OCc2ccccc2)cc1C. The van der Waals surface area contributed by atoms with Crippen molar-refractivity contribution in [1.82, 2.24) is 0 Å². The van der Waals surface area contributed by atoms with E-state index >= 15 is 0 Å². The molecule has 0 aliphatic rings. The lowest BCUT2D eigenvalue weighted by Gasteiger charge is -2.27. The van der Waals surface area contributed by atoms with E-state index in [1.165, 1.54) is 6.08 Å². The van der Waals surface area contributed by atoms with E-state index in [1.54, 1.807) is 18.2 Å². The molecule has 0 heterocycles. The summed E-state index contributed by atoms with van der Waals surface area (Å²) < 4.78 is 19.1. The molecule has 0 spiro atoms. The monoisotopic (exact) mass is 428 g/mol. The molecule has 0 bridgehead atoms. The lowest BCUT2D eigenvalue weighted by atomic mass is 9.77. The summed E-state index contributed by atoms with van der Waals surface area (Å²) in [6.45, 7) is 12.1. The van der Waals surface area contributed by atoms with Crippen LogP contribution in [0.3, 0.4) is 0 Å². The molecular weight excluding hydrogens is 399 g/mol. The molecule has 0 saturated heterocycles. The van der Waals surface area contributed by atoms with Crippen LogP contribution in [-0.2, 0) is 6.61 Å². The van der Waals surface area contributed by atoms with E-state index in [0.29, 0.717) is 6.61 Å². The van der Waals surface area contributed by atoms with Gasteiger partial charge in [-0.1, -0.05) is 80.3 Å². The maximum atomic E-state index is 13.2. The summed E-state index contributed by atoms with van der Waals surface area (Å²) in [6, 6.07) is 23.4. The molecule has 2 nitrogen and oxygen atoms in total. The van der Waals surface area contributed by atoms with Crippen LogP contribution < -0.4 is 4.74 Å². The minimum absolute atomic E-state index is 0.00932.